The van der Waals surface area contributed by atoms with Crippen LogP contribution in [0.15, 0.2) is 5.38 Å². The van der Waals surface area contributed by atoms with Crippen LogP contribution in [0.25, 0.3) is 0 Å². The minimum absolute atomic E-state index is 0.214. The van der Waals surface area contributed by atoms with Crippen LogP contribution in [-0.4, -0.2) is 25.0 Å². The fourth-order valence-electron chi connectivity index (χ4n) is 1.21. The number of anilines is 1. The zero-order valence-electron chi connectivity index (χ0n) is 9.87. The largest absolute Gasteiger partial charge is 0.331 e. The fraction of sp³-hybridized carbons (Fsp3) is 0.455. The topological polar surface area (TPSA) is 56.1 Å². The molecule has 4 nitrogen and oxygen atoms in total. The molecule has 0 aliphatic rings. The van der Waals surface area contributed by atoms with Crippen LogP contribution in [0.4, 0.5) is 9.80 Å². The highest BCUT2D eigenvalue weighted by molar-refractivity contribution is 7.14. The number of nitriles is 1. The smallest absolute Gasteiger partial charge is 0.321 e. The molecule has 0 saturated carbocycles. The summed E-state index contributed by atoms with van der Waals surface area (Å²) in [7, 11) is 3.33. The lowest BCUT2D eigenvalue weighted by atomic mass is 10.0. The Labute approximate surface area is 99.5 Å². The number of rotatable bonds is 2. The Bertz CT molecular complexity index is 429. The van der Waals surface area contributed by atoms with E-state index in [1.807, 2.05) is 19.2 Å². The predicted molar refractivity (Wildman–Crippen MR) is 65.8 cm³/mol. The van der Waals surface area contributed by atoms with Gasteiger partial charge in [0.05, 0.1) is 5.56 Å². The molecule has 1 N–H and O–H groups in total. The molecule has 5 heteroatoms. The normalized spacial score (nSPS) is 10.0. The van der Waals surface area contributed by atoms with Gasteiger partial charge in [0.1, 0.15) is 11.1 Å². The third kappa shape index (κ3) is 2.52. The average Bonchev–Trinajstić information content (AvgIpc) is 2.60. The van der Waals surface area contributed by atoms with Crippen LogP contribution in [0.2, 0.25) is 0 Å². The van der Waals surface area contributed by atoms with Crippen LogP contribution in [0.5, 0.6) is 0 Å². The molecule has 0 bridgehead atoms. The van der Waals surface area contributed by atoms with Crippen LogP contribution in [0, 0.1) is 11.3 Å². The van der Waals surface area contributed by atoms with Gasteiger partial charge in [-0.15, -0.1) is 11.3 Å². The quantitative estimate of drug-likeness (QED) is 0.859. The van der Waals surface area contributed by atoms with Crippen LogP contribution in [-0.2, 0) is 0 Å². The van der Waals surface area contributed by atoms with E-state index in [9.17, 15) is 4.79 Å². The number of hydrogen-bond donors (Lipinski definition) is 1. The molecule has 0 radical (unpaired) electrons. The summed E-state index contributed by atoms with van der Waals surface area (Å²) in [6.07, 6.45) is 0. The summed E-state index contributed by atoms with van der Waals surface area (Å²) in [5.74, 6) is 0.288. The van der Waals surface area contributed by atoms with Crippen LogP contribution < -0.4 is 5.32 Å². The molecular formula is C11H15N3OS. The van der Waals surface area contributed by atoms with Gasteiger partial charge in [0, 0.05) is 14.1 Å². The van der Waals surface area contributed by atoms with Gasteiger partial charge in [0.25, 0.3) is 0 Å². The Hall–Kier alpha value is -1.54. The summed E-state index contributed by atoms with van der Waals surface area (Å²) in [5, 5.41) is 14.4. The Morgan fingerprint density at radius 3 is 2.62 bits per heavy atom. The molecule has 0 fully saturated rings. The first-order chi connectivity index (χ1) is 7.47. The molecule has 0 aliphatic carbocycles. The Balaban J connectivity index is 2.99. The molecule has 2 amide bonds. The van der Waals surface area contributed by atoms with Crippen LogP contribution in [0.3, 0.4) is 0 Å². The number of urea groups is 1. The molecule has 0 saturated heterocycles. The van der Waals surface area contributed by atoms with Crippen molar-refractivity contribution in [3.8, 4) is 6.07 Å². The van der Waals surface area contributed by atoms with Crippen molar-refractivity contribution < 1.29 is 4.79 Å². The van der Waals surface area contributed by atoms with Crippen molar-refractivity contribution >= 4 is 22.4 Å². The van der Waals surface area contributed by atoms with E-state index in [1.54, 1.807) is 14.1 Å². The number of carbonyl (C=O) groups excluding carboxylic acids is 1. The Morgan fingerprint density at radius 1 is 1.56 bits per heavy atom. The highest BCUT2D eigenvalue weighted by Crippen LogP contribution is 2.32. The highest BCUT2D eigenvalue weighted by Gasteiger charge is 2.16. The molecule has 16 heavy (non-hydrogen) atoms. The second-order valence-corrected chi connectivity index (χ2v) is 4.87. The van der Waals surface area contributed by atoms with E-state index in [0.717, 1.165) is 5.56 Å². The third-order valence-corrected chi connectivity index (χ3v) is 3.09. The average molecular weight is 237 g/mol. The van der Waals surface area contributed by atoms with E-state index in [2.05, 4.69) is 11.4 Å². The van der Waals surface area contributed by atoms with Gasteiger partial charge in [-0.2, -0.15) is 5.26 Å². The van der Waals surface area contributed by atoms with E-state index in [0.29, 0.717) is 10.6 Å². The first-order valence-corrected chi connectivity index (χ1v) is 5.85. The van der Waals surface area contributed by atoms with Gasteiger partial charge in [0.15, 0.2) is 0 Å². The maximum Gasteiger partial charge on any atom is 0.321 e. The maximum atomic E-state index is 11.5. The summed E-state index contributed by atoms with van der Waals surface area (Å²) in [6.45, 7) is 4.06. The zero-order chi connectivity index (χ0) is 12.3. The predicted octanol–water partition coefficient (Wildman–Crippen LogP) is 2.84. The van der Waals surface area contributed by atoms with E-state index in [1.165, 1.54) is 16.2 Å². The van der Waals surface area contributed by atoms with Crippen molar-refractivity contribution in [3.05, 3.63) is 16.5 Å². The molecule has 0 unspecified atom stereocenters. The summed E-state index contributed by atoms with van der Waals surface area (Å²) >= 11 is 1.39. The number of nitrogens with one attached hydrogen (secondary N) is 1. The van der Waals surface area contributed by atoms with E-state index in [4.69, 9.17) is 5.26 Å². The molecule has 0 atom stereocenters. The monoisotopic (exact) mass is 237 g/mol. The summed E-state index contributed by atoms with van der Waals surface area (Å²) < 4.78 is 0. The first kappa shape index (κ1) is 12.5. The summed E-state index contributed by atoms with van der Waals surface area (Å²) in [6, 6.07) is 1.93. The lowest BCUT2D eigenvalue weighted by molar-refractivity contribution is 0.231. The van der Waals surface area contributed by atoms with Gasteiger partial charge in [-0.1, -0.05) is 13.8 Å². The maximum absolute atomic E-state index is 11.5. The molecular weight excluding hydrogens is 222 g/mol. The van der Waals surface area contributed by atoms with Gasteiger partial charge in [0.2, 0.25) is 0 Å². The Kier molecular flexibility index (Phi) is 3.91. The van der Waals surface area contributed by atoms with Crippen LogP contribution >= 0.6 is 11.3 Å². The molecule has 0 aliphatic heterocycles. The second kappa shape index (κ2) is 4.99. The third-order valence-electron chi connectivity index (χ3n) is 2.18. The number of nitrogens with zero attached hydrogens (tertiary/aromatic N) is 2. The minimum Gasteiger partial charge on any atom is -0.331 e. The number of amides is 2. The van der Waals surface area contributed by atoms with Crippen molar-refractivity contribution in [3.63, 3.8) is 0 Å². The molecule has 0 spiro atoms. The summed E-state index contributed by atoms with van der Waals surface area (Å²) in [4.78, 5) is 12.9. The fourth-order valence-corrected chi connectivity index (χ4v) is 2.27. The van der Waals surface area contributed by atoms with Crippen molar-refractivity contribution in [1.29, 1.82) is 5.26 Å². The van der Waals surface area contributed by atoms with E-state index in [-0.39, 0.29) is 11.9 Å². The second-order valence-electron chi connectivity index (χ2n) is 3.99. The molecule has 1 aromatic rings. The molecule has 1 heterocycles. The lowest BCUT2D eigenvalue weighted by Gasteiger charge is -2.11. The van der Waals surface area contributed by atoms with Crippen molar-refractivity contribution in [2.45, 2.75) is 19.8 Å². The first-order valence-electron chi connectivity index (χ1n) is 4.97. The van der Waals surface area contributed by atoms with Gasteiger partial charge >= 0.3 is 6.03 Å². The van der Waals surface area contributed by atoms with Crippen molar-refractivity contribution in [1.82, 2.24) is 4.90 Å². The number of hydrogen-bond acceptors (Lipinski definition) is 3. The molecule has 1 rings (SSSR count). The van der Waals surface area contributed by atoms with Gasteiger partial charge < -0.3 is 4.90 Å². The molecule has 1 aromatic heterocycles. The summed E-state index contributed by atoms with van der Waals surface area (Å²) in [5.41, 5.74) is 1.57. The van der Waals surface area contributed by atoms with Crippen molar-refractivity contribution in [2.75, 3.05) is 19.4 Å². The lowest BCUT2D eigenvalue weighted by Crippen LogP contribution is -2.27. The highest BCUT2D eigenvalue weighted by atomic mass is 32.1. The minimum atomic E-state index is -0.214. The SMILES string of the molecule is CC(C)c1csc(NC(=O)N(C)C)c1C#N. The number of thiophene rings is 1. The number of carbonyl (C=O) groups is 1. The van der Waals surface area contributed by atoms with Gasteiger partial charge in [-0.3, -0.25) is 5.32 Å². The standard InChI is InChI=1S/C11H15N3OS/c1-7(2)9-6-16-10(8(9)5-12)13-11(15)14(3)4/h6-7H,1-4H3,(H,13,15). The molecule has 86 valence electrons. The van der Waals surface area contributed by atoms with Crippen molar-refractivity contribution in [2.24, 2.45) is 0 Å². The van der Waals surface area contributed by atoms with Crippen LogP contribution in [0.1, 0.15) is 30.9 Å². The van der Waals surface area contributed by atoms with E-state index >= 15 is 0 Å². The Morgan fingerprint density at radius 2 is 2.19 bits per heavy atom. The van der Waals surface area contributed by atoms with Gasteiger partial charge in [-0.25, -0.2) is 4.79 Å². The van der Waals surface area contributed by atoms with Gasteiger partial charge in [-0.05, 0) is 16.9 Å². The zero-order valence-corrected chi connectivity index (χ0v) is 10.7. The molecule has 0 aromatic carbocycles. The van der Waals surface area contributed by atoms with E-state index < -0.39 is 0 Å².